The first kappa shape index (κ1) is 31.8. The van der Waals surface area contributed by atoms with Crippen molar-refractivity contribution in [3.05, 3.63) is 77.6 Å². The van der Waals surface area contributed by atoms with E-state index in [-0.39, 0.29) is 42.9 Å². The summed E-state index contributed by atoms with van der Waals surface area (Å²) in [5, 5.41) is 14.3. The Morgan fingerprint density at radius 3 is 2.42 bits per heavy atom. The molecule has 2 aromatic rings. The maximum absolute atomic E-state index is 14.5. The molecule has 0 saturated carbocycles. The quantitative estimate of drug-likeness (QED) is 0.206. The number of carbonyl (C=O) groups excluding carboxylic acids is 1. The number of allylic oxidation sites excluding steroid dienone is 1. The number of nitrogens with one attached hydrogen (secondary N) is 1. The van der Waals surface area contributed by atoms with E-state index in [9.17, 15) is 14.3 Å². The van der Waals surface area contributed by atoms with Crippen molar-refractivity contribution in [1.29, 1.82) is 0 Å². The highest BCUT2D eigenvalue weighted by molar-refractivity contribution is 5.85. The second kappa shape index (κ2) is 15.2. The number of halogens is 2. The predicted molar refractivity (Wildman–Crippen MR) is 153 cm³/mol. The van der Waals surface area contributed by atoms with Crippen LogP contribution in [0.5, 0.6) is 5.75 Å². The van der Waals surface area contributed by atoms with Gasteiger partial charge in [-0.3, -0.25) is 4.79 Å². The first-order chi connectivity index (χ1) is 17.8. The van der Waals surface area contributed by atoms with E-state index in [0.29, 0.717) is 24.4 Å². The van der Waals surface area contributed by atoms with Gasteiger partial charge >= 0.3 is 5.97 Å². The molecule has 0 spiro atoms. The monoisotopic (exact) mass is 547 g/mol. The lowest BCUT2D eigenvalue weighted by atomic mass is 9.81. The van der Waals surface area contributed by atoms with Crippen LogP contribution in [0.15, 0.2) is 55.1 Å². The van der Waals surface area contributed by atoms with Crippen molar-refractivity contribution in [2.24, 2.45) is 5.92 Å². The van der Waals surface area contributed by atoms with Gasteiger partial charge in [-0.1, -0.05) is 50.3 Å². The van der Waals surface area contributed by atoms with E-state index in [4.69, 9.17) is 9.47 Å². The zero-order chi connectivity index (χ0) is 26.8. The Bertz CT molecular complexity index is 1020. The van der Waals surface area contributed by atoms with Gasteiger partial charge < -0.3 is 19.9 Å². The number of carbonyl (C=O) groups is 1. The maximum atomic E-state index is 14.5. The van der Waals surface area contributed by atoms with Crippen molar-refractivity contribution >= 4 is 18.4 Å². The molecule has 1 aliphatic carbocycles. The summed E-state index contributed by atoms with van der Waals surface area (Å²) in [6.45, 7) is 10.4. The number of hydrogen-bond acceptors (Lipinski definition) is 5. The average Bonchev–Trinajstić information content (AvgIpc) is 3.31. The Morgan fingerprint density at radius 2 is 1.84 bits per heavy atom. The molecule has 3 rings (SSSR count). The van der Waals surface area contributed by atoms with Crippen molar-refractivity contribution < 1.29 is 23.8 Å². The van der Waals surface area contributed by atoms with E-state index >= 15 is 0 Å². The second-order valence-electron chi connectivity index (χ2n) is 10.1. The number of aliphatic hydroxyl groups is 1. The first-order valence-electron chi connectivity index (χ1n) is 13.5. The van der Waals surface area contributed by atoms with Gasteiger partial charge in [-0.15, -0.1) is 19.0 Å². The summed E-state index contributed by atoms with van der Waals surface area (Å²) in [4.78, 5) is 12.4. The summed E-state index contributed by atoms with van der Waals surface area (Å²) in [5.41, 5.74) is 3.42. The number of esters is 1. The summed E-state index contributed by atoms with van der Waals surface area (Å²) in [6, 6.07) is 13.0. The molecule has 0 bridgehead atoms. The lowest BCUT2D eigenvalue weighted by Crippen LogP contribution is -2.49. The van der Waals surface area contributed by atoms with Crippen molar-refractivity contribution in [1.82, 2.24) is 5.32 Å². The van der Waals surface area contributed by atoms with Crippen molar-refractivity contribution in [2.45, 2.75) is 76.9 Å². The number of hydrogen-bond donors (Lipinski definition) is 2. The molecular formula is C31H43ClFNO4. The fraction of sp³-hybridized carbons (Fsp3) is 0.516. The summed E-state index contributed by atoms with van der Waals surface area (Å²) in [7, 11) is 0. The third-order valence-corrected chi connectivity index (χ3v) is 7.64. The molecule has 2 atom stereocenters. The topological polar surface area (TPSA) is 67.8 Å². The second-order valence-corrected chi connectivity index (χ2v) is 10.1. The molecule has 0 aromatic heterocycles. The number of benzene rings is 2. The molecule has 0 saturated heterocycles. The number of fused-ring (bicyclic) bond motifs is 1. The van der Waals surface area contributed by atoms with Gasteiger partial charge in [0.1, 0.15) is 12.7 Å². The van der Waals surface area contributed by atoms with Gasteiger partial charge in [-0.2, -0.15) is 0 Å². The zero-order valence-electron chi connectivity index (χ0n) is 22.9. The van der Waals surface area contributed by atoms with Crippen LogP contribution in [0.4, 0.5) is 4.39 Å². The van der Waals surface area contributed by atoms with Crippen molar-refractivity contribution in [2.75, 3.05) is 19.8 Å². The van der Waals surface area contributed by atoms with Crippen LogP contribution >= 0.6 is 12.4 Å². The van der Waals surface area contributed by atoms with Crippen LogP contribution in [0.1, 0.15) is 69.1 Å². The molecule has 0 aliphatic heterocycles. The van der Waals surface area contributed by atoms with E-state index in [1.807, 2.05) is 0 Å². The molecule has 7 heteroatoms. The smallest absolute Gasteiger partial charge is 0.313 e. The summed E-state index contributed by atoms with van der Waals surface area (Å²) in [6.07, 6.45) is 6.35. The number of ether oxygens (including phenoxy) is 2. The molecule has 0 heterocycles. The van der Waals surface area contributed by atoms with Crippen molar-refractivity contribution in [3.8, 4) is 5.75 Å². The van der Waals surface area contributed by atoms with Gasteiger partial charge in [0, 0.05) is 12.1 Å². The van der Waals surface area contributed by atoms with Crippen LogP contribution in [-0.4, -0.2) is 42.5 Å². The van der Waals surface area contributed by atoms with Gasteiger partial charge in [0.05, 0.1) is 12.5 Å². The van der Waals surface area contributed by atoms with Crippen LogP contribution in [0.25, 0.3) is 0 Å². The molecule has 2 N–H and O–H groups in total. The molecule has 0 amide bonds. The number of aliphatic hydroxyl groups excluding tert-OH is 1. The highest BCUT2D eigenvalue weighted by atomic mass is 35.5. The Hall–Kier alpha value is -2.41. The number of rotatable bonds is 15. The molecular weight excluding hydrogens is 505 g/mol. The fourth-order valence-corrected chi connectivity index (χ4v) is 5.41. The molecule has 1 unspecified atom stereocenters. The van der Waals surface area contributed by atoms with Crippen LogP contribution < -0.4 is 10.1 Å². The molecule has 5 nitrogen and oxygen atoms in total. The van der Waals surface area contributed by atoms with Crippen LogP contribution in [0, 0.1) is 11.7 Å². The van der Waals surface area contributed by atoms with Crippen molar-refractivity contribution in [3.63, 3.8) is 0 Å². The van der Waals surface area contributed by atoms with Gasteiger partial charge in [0.25, 0.3) is 0 Å². The lowest BCUT2D eigenvalue weighted by molar-refractivity contribution is -0.144. The number of β-amino-alcohol motifs (C(OH)–C–C–N with tert-alkyl or cyclic N) is 1. The van der Waals surface area contributed by atoms with Crippen LogP contribution in [0.2, 0.25) is 0 Å². The Balaban J connectivity index is 0.00000507. The molecule has 210 valence electrons. The van der Waals surface area contributed by atoms with Gasteiger partial charge in [-0.25, -0.2) is 4.39 Å². The Kier molecular flexibility index (Phi) is 12.8. The average molecular weight is 548 g/mol. The van der Waals surface area contributed by atoms with Gasteiger partial charge in [0.15, 0.2) is 11.6 Å². The minimum absolute atomic E-state index is 0. The van der Waals surface area contributed by atoms with E-state index < -0.39 is 17.8 Å². The maximum Gasteiger partial charge on any atom is 0.313 e. The summed E-state index contributed by atoms with van der Waals surface area (Å²) < 4.78 is 25.3. The molecule has 2 aromatic carbocycles. The molecule has 0 radical (unpaired) electrons. The fourth-order valence-electron chi connectivity index (χ4n) is 5.41. The summed E-state index contributed by atoms with van der Waals surface area (Å²) in [5.74, 6) is -0.912. The molecule has 0 fully saturated rings. The standard InChI is InChI=1S/C31H42FNO4.ClH/c1-5-11-27(30(35)36-8-4)25-14-15-28(32)29(18-25)37-21-26(34)20-33-31(6-2,7-3)19-22-16-23-12-9-10-13-24(23)17-22;/h5,9-10,12-15,18,22,26-27,33-34H,1,6-8,11,16-17,19-21H2,2-4H3;1H/t26-,27?;/m1./s1. The van der Waals surface area contributed by atoms with E-state index in [1.165, 1.54) is 23.3 Å². The largest absolute Gasteiger partial charge is 0.488 e. The predicted octanol–water partition coefficient (Wildman–Crippen LogP) is 6.16. The normalized spacial score (nSPS) is 14.8. The first-order valence-corrected chi connectivity index (χ1v) is 13.5. The highest BCUT2D eigenvalue weighted by Crippen LogP contribution is 2.34. The third kappa shape index (κ3) is 8.29. The Labute approximate surface area is 233 Å². The van der Waals surface area contributed by atoms with E-state index in [2.05, 4.69) is 50.0 Å². The highest BCUT2D eigenvalue weighted by Gasteiger charge is 2.33. The molecule has 1 aliphatic rings. The Morgan fingerprint density at radius 1 is 1.18 bits per heavy atom. The minimum atomic E-state index is -0.810. The third-order valence-electron chi connectivity index (χ3n) is 7.64. The molecule has 38 heavy (non-hydrogen) atoms. The lowest BCUT2D eigenvalue weighted by Gasteiger charge is -2.36. The van der Waals surface area contributed by atoms with Crippen LogP contribution in [0.3, 0.4) is 0 Å². The summed E-state index contributed by atoms with van der Waals surface area (Å²) >= 11 is 0. The van der Waals surface area contributed by atoms with E-state index in [1.54, 1.807) is 19.1 Å². The SMILES string of the molecule is C=CCC(C(=O)OCC)c1ccc(F)c(OC[C@H](O)CNC(CC)(CC)CC2Cc3ccccc3C2)c1.Cl. The van der Waals surface area contributed by atoms with E-state index in [0.717, 1.165) is 32.1 Å². The van der Waals surface area contributed by atoms with Crippen LogP contribution in [-0.2, 0) is 22.4 Å². The zero-order valence-corrected chi connectivity index (χ0v) is 23.7. The van der Waals surface area contributed by atoms with Gasteiger partial charge in [0.2, 0.25) is 0 Å². The van der Waals surface area contributed by atoms with Gasteiger partial charge in [-0.05, 0) is 80.2 Å². The minimum Gasteiger partial charge on any atom is -0.488 e.